The average molecular weight is 198 g/mol. The lowest BCUT2D eigenvalue weighted by Crippen LogP contribution is -2.63. The molecule has 14 heavy (non-hydrogen) atoms. The zero-order valence-electron chi connectivity index (χ0n) is 8.28. The van der Waals surface area contributed by atoms with Gasteiger partial charge in [0.1, 0.15) is 6.23 Å². The van der Waals surface area contributed by atoms with Crippen molar-refractivity contribution >= 4 is 6.41 Å². The van der Waals surface area contributed by atoms with Crippen LogP contribution >= 0.6 is 0 Å². The Morgan fingerprint density at radius 1 is 1.50 bits per heavy atom. The molecule has 1 heterocycles. The Hall–Kier alpha value is -0.610. The van der Waals surface area contributed by atoms with Crippen LogP contribution in [-0.4, -0.2) is 29.8 Å². The molecule has 2 fully saturated rings. The summed E-state index contributed by atoms with van der Waals surface area (Å²) in [4.78, 5) is 10.1. The fourth-order valence-electron chi connectivity index (χ4n) is 2.76. The quantitative estimate of drug-likeness (QED) is 0.439. The molecule has 1 aliphatic carbocycles. The highest BCUT2D eigenvalue weighted by molar-refractivity contribution is 5.46. The smallest absolute Gasteiger partial charge is 0.209 e. The number of fused-ring (bicyclic) bond motifs is 1. The molecule has 1 amide bonds. The van der Waals surface area contributed by atoms with E-state index in [0.717, 1.165) is 5.92 Å². The summed E-state index contributed by atoms with van der Waals surface area (Å²) in [5, 5.41) is 15.2. The molecule has 4 unspecified atom stereocenters. The van der Waals surface area contributed by atoms with Crippen molar-refractivity contribution in [2.24, 2.45) is 5.92 Å². The fraction of sp³-hybridized carbons (Fsp3) is 0.900. The van der Waals surface area contributed by atoms with Crippen LogP contribution in [0.3, 0.4) is 0 Å². The van der Waals surface area contributed by atoms with Crippen molar-refractivity contribution in [2.75, 3.05) is 0 Å². The molecule has 4 atom stereocenters. The molecule has 3 N–H and O–H groups in total. The van der Waals surface area contributed by atoms with Gasteiger partial charge in [-0.05, 0) is 18.8 Å². The zero-order chi connectivity index (χ0) is 9.97. The zero-order valence-corrected chi connectivity index (χ0v) is 8.28. The first-order valence-electron chi connectivity index (χ1n) is 5.45. The van der Waals surface area contributed by atoms with E-state index < -0.39 is 6.23 Å². The van der Waals surface area contributed by atoms with Gasteiger partial charge in [0.2, 0.25) is 6.41 Å². The first-order valence-corrected chi connectivity index (χ1v) is 5.45. The number of carbonyl (C=O) groups is 1. The minimum Gasteiger partial charge on any atom is -0.374 e. The van der Waals surface area contributed by atoms with Gasteiger partial charge in [0.25, 0.3) is 0 Å². The molecule has 4 nitrogen and oxygen atoms in total. The van der Waals surface area contributed by atoms with Crippen LogP contribution in [0.15, 0.2) is 0 Å². The molecule has 2 aliphatic rings. The summed E-state index contributed by atoms with van der Waals surface area (Å²) in [6, 6.07) is 1.08. The molecule has 0 bridgehead atoms. The first kappa shape index (κ1) is 9.93. The van der Waals surface area contributed by atoms with E-state index in [2.05, 4.69) is 10.6 Å². The minimum absolute atomic E-state index is 0.405. The van der Waals surface area contributed by atoms with Crippen LogP contribution in [0.2, 0.25) is 0 Å². The second-order valence-electron chi connectivity index (χ2n) is 4.36. The highest BCUT2D eigenvalue weighted by atomic mass is 16.3. The number of nitrogens with one attached hydrogen (secondary N) is 2. The lowest BCUT2D eigenvalue weighted by Gasteiger charge is -2.49. The highest BCUT2D eigenvalue weighted by Gasteiger charge is 2.41. The van der Waals surface area contributed by atoms with Crippen LogP contribution in [-0.2, 0) is 4.79 Å². The van der Waals surface area contributed by atoms with E-state index >= 15 is 0 Å². The van der Waals surface area contributed by atoms with E-state index in [1.807, 2.05) is 0 Å². The van der Waals surface area contributed by atoms with Crippen molar-refractivity contribution in [3.63, 3.8) is 0 Å². The Kier molecular flexibility index (Phi) is 3.03. The standard InChI is InChI=1S/C10H18N2O2/c13-6-11-10(14)5-9-7-3-1-2-4-8(7)12-9/h6-10,12,14H,1-5H2,(H,11,13). The van der Waals surface area contributed by atoms with Crippen LogP contribution in [0.5, 0.6) is 0 Å². The Balaban J connectivity index is 1.75. The second-order valence-corrected chi connectivity index (χ2v) is 4.36. The van der Waals surface area contributed by atoms with Crippen molar-refractivity contribution in [1.29, 1.82) is 0 Å². The van der Waals surface area contributed by atoms with Gasteiger partial charge in [0.05, 0.1) is 0 Å². The van der Waals surface area contributed by atoms with Crippen LogP contribution < -0.4 is 10.6 Å². The van der Waals surface area contributed by atoms with Gasteiger partial charge in [0, 0.05) is 18.5 Å². The lowest BCUT2D eigenvalue weighted by atomic mass is 9.72. The van der Waals surface area contributed by atoms with Gasteiger partial charge in [-0.1, -0.05) is 12.8 Å². The van der Waals surface area contributed by atoms with Crippen molar-refractivity contribution in [3.05, 3.63) is 0 Å². The maximum absolute atomic E-state index is 10.1. The van der Waals surface area contributed by atoms with Crippen molar-refractivity contribution < 1.29 is 9.90 Å². The van der Waals surface area contributed by atoms with Crippen LogP contribution in [0, 0.1) is 5.92 Å². The topological polar surface area (TPSA) is 61.4 Å². The highest BCUT2D eigenvalue weighted by Crippen LogP contribution is 2.36. The van der Waals surface area contributed by atoms with E-state index in [1.54, 1.807) is 0 Å². The molecule has 0 aromatic carbocycles. The molecular weight excluding hydrogens is 180 g/mol. The van der Waals surface area contributed by atoms with Crippen molar-refractivity contribution in [1.82, 2.24) is 10.6 Å². The third kappa shape index (κ3) is 1.91. The molecule has 1 saturated heterocycles. The first-order chi connectivity index (χ1) is 6.81. The summed E-state index contributed by atoms with van der Waals surface area (Å²) in [5.74, 6) is 0.729. The number of carbonyl (C=O) groups excluding carboxylic acids is 1. The molecule has 0 radical (unpaired) electrons. The van der Waals surface area contributed by atoms with Gasteiger partial charge in [-0.25, -0.2) is 0 Å². The molecule has 4 heteroatoms. The Labute approximate surface area is 84.1 Å². The largest absolute Gasteiger partial charge is 0.374 e. The Morgan fingerprint density at radius 3 is 3.00 bits per heavy atom. The lowest BCUT2D eigenvalue weighted by molar-refractivity contribution is -0.112. The van der Waals surface area contributed by atoms with Gasteiger partial charge >= 0.3 is 0 Å². The van der Waals surface area contributed by atoms with Crippen LogP contribution in [0.25, 0.3) is 0 Å². The van der Waals surface area contributed by atoms with E-state index in [-0.39, 0.29) is 0 Å². The van der Waals surface area contributed by atoms with Crippen molar-refractivity contribution in [2.45, 2.75) is 50.4 Å². The molecule has 1 saturated carbocycles. The minimum atomic E-state index is -0.687. The molecule has 0 aromatic rings. The summed E-state index contributed by atoms with van der Waals surface area (Å²) in [7, 11) is 0. The van der Waals surface area contributed by atoms with Crippen LogP contribution in [0.4, 0.5) is 0 Å². The maximum atomic E-state index is 10.1. The maximum Gasteiger partial charge on any atom is 0.209 e. The summed E-state index contributed by atoms with van der Waals surface area (Å²) in [5.41, 5.74) is 0. The third-order valence-corrected chi connectivity index (χ3v) is 3.50. The average Bonchev–Trinajstić information content (AvgIpc) is 2.15. The molecule has 0 aromatic heterocycles. The summed E-state index contributed by atoms with van der Waals surface area (Å²) < 4.78 is 0. The van der Waals surface area contributed by atoms with E-state index in [1.165, 1.54) is 25.7 Å². The summed E-state index contributed by atoms with van der Waals surface area (Å²) >= 11 is 0. The number of rotatable bonds is 4. The monoisotopic (exact) mass is 198 g/mol. The molecule has 2 rings (SSSR count). The number of amides is 1. The Bertz CT molecular complexity index is 210. The predicted octanol–water partition coefficient (Wildman–Crippen LogP) is -0.0285. The van der Waals surface area contributed by atoms with Gasteiger partial charge in [0.15, 0.2) is 0 Å². The Morgan fingerprint density at radius 2 is 2.29 bits per heavy atom. The second kappa shape index (κ2) is 4.28. The molecule has 80 valence electrons. The molecular formula is C10H18N2O2. The number of hydrogen-bond donors (Lipinski definition) is 3. The summed E-state index contributed by atoms with van der Waals surface area (Å²) in [6.45, 7) is 0. The summed E-state index contributed by atoms with van der Waals surface area (Å²) in [6.07, 6.45) is 5.70. The van der Waals surface area contributed by atoms with Gasteiger partial charge in [-0.15, -0.1) is 0 Å². The number of hydrogen-bond acceptors (Lipinski definition) is 3. The molecule has 0 spiro atoms. The van der Waals surface area contributed by atoms with Gasteiger partial charge < -0.3 is 15.7 Å². The molecule has 1 aliphatic heterocycles. The van der Waals surface area contributed by atoms with Crippen molar-refractivity contribution in [3.8, 4) is 0 Å². The third-order valence-electron chi connectivity index (χ3n) is 3.50. The SMILES string of the molecule is O=CNC(O)CC1NC2CCCCC21. The number of aliphatic hydroxyl groups excluding tert-OH is 1. The number of aliphatic hydroxyl groups is 1. The normalized spacial score (nSPS) is 37.9. The van der Waals surface area contributed by atoms with E-state index in [4.69, 9.17) is 0 Å². The van der Waals surface area contributed by atoms with Gasteiger partial charge in [-0.2, -0.15) is 0 Å². The van der Waals surface area contributed by atoms with E-state index in [9.17, 15) is 9.90 Å². The fourth-order valence-corrected chi connectivity index (χ4v) is 2.76. The van der Waals surface area contributed by atoms with Crippen LogP contribution in [0.1, 0.15) is 32.1 Å². The van der Waals surface area contributed by atoms with E-state index in [0.29, 0.717) is 24.9 Å². The van der Waals surface area contributed by atoms with Gasteiger partial charge in [-0.3, -0.25) is 4.79 Å². The predicted molar refractivity (Wildman–Crippen MR) is 52.5 cm³/mol.